The predicted molar refractivity (Wildman–Crippen MR) is 87.5 cm³/mol. The fourth-order valence-electron chi connectivity index (χ4n) is 2.18. The van der Waals surface area contributed by atoms with E-state index in [-0.39, 0.29) is 0 Å². The van der Waals surface area contributed by atoms with E-state index < -0.39 is 0 Å². The smallest absolute Gasteiger partial charge is 0.0438 e. The first-order chi connectivity index (χ1) is 8.97. The number of hydrogen-bond donors (Lipinski definition) is 0. The SMILES string of the molecule is Cc1ccc(CC(Br)c2cc(C)c(Cl)cc2C)cc1. The molecule has 0 saturated carbocycles. The van der Waals surface area contributed by atoms with E-state index in [4.69, 9.17) is 11.6 Å². The van der Waals surface area contributed by atoms with Gasteiger partial charge in [0.25, 0.3) is 0 Å². The second kappa shape index (κ2) is 6.11. The zero-order chi connectivity index (χ0) is 14.0. The molecule has 19 heavy (non-hydrogen) atoms. The lowest BCUT2D eigenvalue weighted by molar-refractivity contribution is 0.935. The molecule has 0 spiro atoms. The maximum atomic E-state index is 6.15. The molecule has 0 fully saturated rings. The highest BCUT2D eigenvalue weighted by molar-refractivity contribution is 9.09. The molecule has 0 aliphatic carbocycles. The van der Waals surface area contributed by atoms with Crippen LogP contribution in [0.5, 0.6) is 0 Å². The van der Waals surface area contributed by atoms with Crippen LogP contribution >= 0.6 is 27.5 Å². The molecule has 2 aromatic carbocycles. The molecule has 1 unspecified atom stereocenters. The average Bonchev–Trinajstić information content (AvgIpc) is 2.36. The lowest BCUT2D eigenvalue weighted by atomic mass is 9.98. The Bertz CT molecular complexity index is 573. The molecule has 0 heterocycles. The molecule has 1 atom stereocenters. The third kappa shape index (κ3) is 3.61. The largest absolute Gasteiger partial charge is 0.0840 e. The van der Waals surface area contributed by atoms with Crippen molar-refractivity contribution in [3.8, 4) is 0 Å². The van der Waals surface area contributed by atoms with Gasteiger partial charge in [-0.25, -0.2) is 0 Å². The van der Waals surface area contributed by atoms with Crippen LogP contribution in [0.3, 0.4) is 0 Å². The summed E-state index contributed by atoms with van der Waals surface area (Å²) in [5.74, 6) is 0. The Labute approximate surface area is 128 Å². The molecule has 0 bridgehead atoms. The highest BCUT2D eigenvalue weighted by Crippen LogP contribution is 2.32. The number of halogens is 2. The van der Waals surface area contributed by atoms with E-state index in [2.05, 4.69) is 73.1 Å². The van der Waals surface area contributed by atoms with Crippen LogP contribution in [0.2, 0.25) is 5.02 Å². The normalized spacial score (nSPS) is 12.5. The summed E-state index contributed by atoms with van der Waals surface area (Å²) in [6, 6.07) is 13.0. The van der Waals surface area contributed by atoms with Crippen LogP contribution in [0.1, 0.15) is 32.6 Å². The highest BCUT2D eigenvalue weighted by Gasteiger charge is 2.12. The van der Waals surface area contributed by atoms with Crippen LogP contribution in [-0.4, -0.2) is 0 Å². The van der Waals surface area contributed by atoms with E-state index in [9.17, 15) is 0 Å². The standard InChI is InChI=1S/C17H18BrCl/c1-11-4-6-14(7-5-11)10-16(18)15-8-13(3)17(19)9-12(15)2/h4-9,16H,10H2,1-3H3. The van der Waals surface area contributed by atoms with Crippen LogP contribution in [-0.2, 0) is 6.42 Å². The van der Waals surface area contributed by atoms with E-state index in [0.29, 0.717) is 4.83 Å². The van der Waals surface area contributed by atoms with Gasteiger partial charge in [-0.3, -0.25) is 0 Å². The van der Waals surface area contributed by atoms with Gasteiger partial charge in [0.1, 0.15) is 0 Å². The van der Waals surface area contributed by atoms with Crippen LogP contribution in [0, 0.1) is 20.8 Å². The first-order valence-corrected chi connectivity index (χ1v) is 7.73. The molecule has 0 aliphatic rings. The Morgan fingerprint density at radius 2 is 1.63 bits per heavy atom. The van der Waals surface area contributed by atoms with E-state index in [1.807, 2.05) is 0 Å². The van der Waals surface area contributed by atoms with Crippen molar-refractivity contribution in [2.45, 2.75) is 32.0 Å². The Morgan fingerprint density at radius 1 is 1.00 bits per heavy atom. The summed E-state index contributed by atoms with van der Waals surface area (Å²) in [5, 5.41) is 0.844. The maximum Gasteiger partial charge on any atom is 0.0438 e. The Kier molecular flexibility index (Phi) is 4.70. The summed E-state index contributed by atoms with van der Waals surface area (Å²) in [7, 11) is 0. The van der Waals surface area contributed by atoms with Gasteiger partial charge in [0.05, 0.1) is 0 Å². The van der Waals surface area contributed by atoms with Crippen molar-refractivity contribution in [2.75, 3.05) is 0 Å². The van der Waals surface area contributed by atoms with Crippen molar-refractivity contribution in [3.63, 3.8) is 0 Å². The Balaban J connectivity index is 2.22. The summed E-state index contributed by atoms with van der Waals surface area (Å²) < 4.78 is 0. The van der Waals surface area contributed by atoms with Gasteiger partial charge in [-0.1, -0.05) is 63.4 Å². The molecular formula is C17H18BrCl. The predicted octanol–water partition coefficient (Wildman–Crippen LogP) is 5.94. The molecule has 2 aromatic rings. The number of benzene rings is 2. The van der Waals surface area contributed by atoms with Crippen molar-refractivity contribution >= 4 is 27.5 Å². The van der Waals surface area contributed by atoms with E-state index >= 15 is 0 Å². The number of rotatable bonds is 3. The Morgan fingerprint density at radius 3 is 2.26 bits per heavy atom. The first kappa shape index (κ1) is 14.6. The number of hydrogen-bond acceptors (Lipinski definition) is 0. The first-order valence-electron chi connectivity index (χ1n) is 6.43. The third-order valence-corrected chi connectivity index (χ3v) is 4.64. The topological polar surface area (TPSA) is 0 Å². The minimum absolute atomic E-state index is 0.325. The molecular weight excluding hydrogens is 320 g/mol. The molecule has 2 rings (SSSR count). The summed E-state index contributed by atoms with van der Waals surface area (Å²) >= 11 is 9.96. The summed E-state index contributed by atoms with van der Waals surface area (Å²) in [6.45, 7) is 6.28. The monoisotopic (exact) mass is 336 g/mol. The summed E-state index contributed by atoms with van der Waals surface area (Å²) in [5.41, 5.74) is 6.34. The second-order valence-electron chi connectivity index (χ2n) is 5.12. The summed E-state index contributed by atoms with van der Waals surface area (Å²) in [4.78, 5) is 0.325. The summed E-state index contributed by atoms with van der Waals surface area (Å²) in [6.07, 6.45) is 0.988. The van der Waals surface area contributed by atoms with Gasteiger partial charge in [0.15, 0.2) is 0 Å². The van der Waals surface area contributed by atoms with Gasteiger partial charge in [-0.2, -0.15) is 0 Å². The van der Waals surface area contributed by atoms with Gasteiger partial charge in [-0.15, -0.1) is 0 Å². The molecule has 0 radical (unpaired) electrons. The Hall–Kier alpha value is -0.790. The van der Waals surface area contributed by atoms with Gasteiger partial charge >= 0.3 is 0 Å². The third-order valence-electron chi connectivity index (χ3n) is 3.42. The van der Waals surface area contributed by atoms with Crippen LogP contribution in [0.4, 0.5) is 0 Å². The molecule has 2 heteroatoms. The van der Waals surface area contributed by atoms with Crippen LogP contribution in [0.15, 0.2) is 36.4 Å². The van der Waals surface area contributed by atoms with Gasteiger partial charge < -0.3 is 0 Å². The fraction of sp³-hybridized carbons (Fsp3) is 0.294. The van der Waals surface area contributed by atoms with Gasteiger partial charge in [0, 0.05) is 9.85 Å². The molecule has 100 valence electrons. The van der Waals surface area contributed by atoms with Gasteiger partial charge in [0.2, 0.25) is 0 Å². The lowest BCUT2D eigenvalue weighted by Gasteiger charge is -2.15. The molecule has 0 N–H and O–H groups in total. The number of alkyl halides is 1. The maximum absolute atomic E-state index is 6.15. The van der Waals surface area contributed by atoms with E-state index in [1.54, 1.807) is 0 Å². The molecule has 0 nitrogen and oxygen atoms in total. The fourth-order valence-corrected chi connectivity index (χ4v) is 3.27. The van der Waals surface area contributed by atoms with Crippen LogP contribution < -0.4 is 0 Å². The lowest BCUT2D eigenvalue weighted by Crippen LogP contribution is -1.99. The van der Waals surface area contributed by atoms with Gasteiger partial charge in [-0.05, 0) is 55.5 Å². The van der Waals surface area contributed by atoms with Crippen molar-refractivity contribution in [1.82, 2.24) is 0 Å². The van der Waals surface area contributed by atoms with E-state index in [1.165, 1.54) is 22.3 Å². The van der Waals surface area contributed by atoms with Crippen molar-refractivity contribution in [3.05, 3.63) is 69.2 Å². The zero-order valence-corrected chi connectivity index (χ0v) is 13.8. The molecule has 0 amide bonds. The molecule has 0 aliphatic heterocycles. The van der Waals surface area contributed by atoms with Crippen LogP contribution in [0.25, 0.3) is 0 Å². The minimum Gasteiger partial charge on any atom is -0.0840 e. The van der Waals surface area contributed by atoms with E-state index in [0.717, 1.165) is 17.0 Å². The second-order valence-corrected chi connectivity index (χ2v) is 6.63. The highest BCUT2D eigenvalue weighted by atomic mass is 79.9. The average molecular weight is 338 g/mol. The van der Waals surface area contributed by atoms with Crippen molar-refractivity contribution < 1.29 is 0 Å². The molecule has 0 saturated heterocycles. The van der Waals surface area contributed by atoms with Crippen molar-refractivity contribution in [2.24, 2.45) is 0 Å². The number of aryl methyl sites for hydroxylation is 3. The quantitative estimate of drug-likeness (QED) is 0.608. The van der Waals surface area contributed by atoms with Crippen molar-refractivity contribution in [1.29, 1.82) is 0 Å². The minimum atomic E-state index is 0.325. The molecule has 0 aromatic heterocycles. The zero-order valence-electron chi connectivity index (χ0n) is 11.5.